The lowest BCUT2D eigenvalue weighted by Crippen LogP contribution is -2.37. The van der Waals surface area contributed by atoms with Gasteiger partial charge in [0.05, 0.1) is 25.4 Å². The number of aliphatic hydroxyl groups excluding tert-OH is 1. The predicted molar refractivity (Wildman–Crippen MR) is 119 cm³/mol. The molecule has 0 rings (SSSR count). The van der Waals surface area contributed by atoms with E-state index in [1.54, 1.807) is 27.7 Å². The highest BCUT2D eigenvalue weighted by molar-refractivity contribution is 8.13. The first-order valence-electron chi connectivity index (χ1n) is 9.47. The third-order valence-electron chi connectivity index (χ3n) is 3.50. The molecule has 0 heterocycles. The molecule has 0 aliphatic heterocycles. The molecule has 0 aromatic heterocycles. The quantitative estimate of drug-likeness (QED) is 0.236. The average Bonchev–Trinajstić information content (AvgIpc) is 2.57. The van der Waals surface area contributed by atoms with Gasteiger partial charge < -0.3 is 23.6 Å². The fourth-order valence-corrected chi connectivity index (χ4v) is 5.09. The number of carbonyl (C=O) groups is 2. The fourth-order valence-electron chi connectivity index (χ4n) is 1.82. The van der Waals surface area contributed by atoms with Crippen molar-refractivity contribution in [3.05, 3.63) is 0 Å². The van der Waals surface area contributed by atoms with Gasteiger partial charge in [-0.05, 0) is 39.5 Å². The Bertz CT molecular complexity index is 567. The maximum absolute atomic E-state index is 12.1. The summed E-state index contributed by atoms with van der Waals surface area (Å²) in [5.74, 6) is -0.0772. The molecule has 11 heteroatoms. The molecule has 0 spiro atoms. The first-order valence-corrected chi connectivity index (χ1v) is 13.1. The number of rotatable bonds is 13. The van der Waals surface area contributed by atoms with Crippen LogP contribution in [0.1, 0.15) is 48.5 Å². The summed E-state index contributed by atoms with van der Waals surface area (Å²) in [7, 11) is 1.45. The standard InChI is InChI=1S/C18H36NO7PS2/c1-12(2)26-16(21)13(3)19-27(28,25-11-15(23-8)14(4)20)24-9-10-29-17(22)18(5,6)7/h12-15,20H,9-11H2,1-8H3,(H,19,28). The van der Waals surface area contributed by atoms with Gasteiger partial charge in [0.25, 0.3) is 6.64 Å². The van der Waals surface area contributed by atoms with Crippen LogP contribution in [0.5, 0.6) is 0 Å². The summed E-state index contributed by atoms with van der Waals surface area (Å²) in [6, 6.07) is -0.750. The Kier molecular flexibility index (Phi) is 13.3. The van der Waals surface area contributed by atoms with Crippen molar-refractivity contribution in [2.45, 2.75) is 72.8 Å². The second kappa shape index (κ2) is 13.4. The normalized spacial score (nSPS) is 17.4. The van der Waals surface area contributed by atoms with Gasteiger partial charge in [-0.3, -0.25) is 9.59 Å². The molecule has 172 valence electrons. The molecule has 0 fully saturated rings. The minimum Gasteiger partial charge on any atom is -0.462 e. The molecule has 0 aliphatic carbocycles. The Morgan fingerprint density at radius 2 is 1.76 bits per heavy atom. The molecular weight excluding hydrogens is 437 g/mol. The number of ether oxygens (including phenoxy) is 2. The molecule has 29 heavy (non-hydrogen) atoms. The maximum Gasteiger partial charge on any atom is 0.323 e. The molecule has 8 nitrogen and oxygen atoms in total. The van der Waals surface area contributed by atoms with Crippen LogP contribution in [0.25, 0.3) is 0 Å². The lowest BCUT2D eigenvalue weighted by molar-refractivity contribution is -0.149. The molecule has 2 N–H and O–H groups in total. The highest BCUT2D eigenvalue weighted by Crippen LogP contribution is 2.45. The number of thioether (sulfide) groups is 1. The van der Waals surface area contributed by atoms with Gasteiger partial charge in [-0.1, -0.05) is 32.5 Å². The van der Waals surface area contributed by atoms with E-state index >= 15 is 0 Å². The van der Waals surface area contributed by atoms with Crippen LogP contribution in [0, 0.1) is 5.41 Å². The maximum atomic E-state index is 12.1. The van der Waals surface area contributed by atoms with Crippen LogP contribution >= 0.6 is 18.4 Å². The number of esters is 1. The van der Waals surface area contributed by atoms with E-state index in [0.29, 0.717) is 5.75 Å². The number of aliphatic hydroxyl groups is 1. The Morgan fingerprint density at radius 3 is 2.21 bits per heavy atom. The van der Waals surface area contributed by atoms with Crippen molar-refractivity contribution in [1.29, 1.82) is 0 Å². The van der Waals surface area contributed by atoms with Crippen molar-refractivity contribution < 1.29 is 33.2 Å². The Labute approximate surface area is 184 Å². The molecule has 0 aliphatic rings. The summed E-state index contributed by atoms with van der Waals surface area (Å²) in [5, 5.41) is 12.7. The van der Waals surface area contributed by atoms with Crippen molar-refractivity contribution in [3.8, 4) is 0 Å². The fraction of sp³-hybridized carbons (Fsp3) is 0.889. The van der Waals surface area contributed by atoms with Gasteiger partial charge >= 0.3 is 5.97 Å². The smallest absolute Gasteiger partial charge is 0.323 e. The summed E-state index contributed by atoms with van der Waals surface area (Å²) in [4.78, 5) is 24.2. The predicted octanol–water partition coefficient (Wildman–Crippen LogP) is 2.88. The minimum absolute atomic E-state index is 0.0154. The number of methoxy groups -OCH3 is 1. The summed E-state index contributed by atoms with van der Waals surface area (Å²) < 4.78 is 21.9. The van der Waals surface area contributed by atoms with Gasteiger partial charge in [0, 0.05) is 18.3 Å². The highest BCUT2D eigenvalue weighted by atomic mass is 32.5. The van der Waals surface area contributed by atoms with Crippen molar-refractivity contribution in [3.63, 3.8) is 0 Å². The lowest BCUT2D eigenvalue weighted by atomic mass is 10.00. The Morgan fingerprint density at radius 1 is 1.17 bits per heavy atom. The molecule has 4 atom stereocenters. The molecular formula is C18H36NO7PS2. The number of hydrogen-bond donors (Lipinski definition) is 2. The van der Waals surface area contributed by atoms with E-state index in [-0.39, 0.29) is 24.4 Å². The molecule has 0 aromatic carbocycles. The van der Waals surface area contributed by atoms with Crippen LogP contribution in [-0.4, -0.2) is 66.6 Å². The average molecular weight is 474 g/mol. The van der Waals surface area contributed by atoms with E-state index in [0.717, 1.165) is 11.8 Å². The summed E-state index contributed by atoms with van der Waals surface area (Å²) >= 11 is 6.69. The zero-order valence-corrected chi connectivity index (χ0v) is 21.1. The van der Waals surface area contributed by atoms with E-state index in [4.69, 9.17) is 30.3 Å². The van der Waals surface area contributed by atoms with Gasteiger partial charge in [-0.15, -0.1) is 0 Å². The van der Waals surface area contributed by atoms with Crippen molar-refractivity contribution in [2.75, 3.05) is 26.1 Å². The van der Waals surface area contributed by atoms with Crippen LogP contribution in [-0.2, 0) is 39.9 Å². The van der Waals surface area contributed by atoms with Gasteiger partial charge in [0.2, 0.25) is 0 Å². The topological polar surface area (TPSA) is 103 Å². The lowest BCUT2D eigenvalue weighted by Gasteiger charge is -2.28. The van der Waals surface area contributed by atoms with Crippen molar-refractivity contribution >= 4 is 41.3 Å². The van der Waals surface area contributed by atoms with Crippen LogP contribution in [0.2, 0.25) is 0 Å². The van der Waals surface area contributed by atoms with Crippen molar-refractivity contribution in [1.82, 2.24) is 5.09 Å². The van der Waals surface area contributed by atoms with Crippen LogP contribution in [0.3, 0.4) is 0 Å². The first kappa shape index (κ1) is 28.9. The zero-order valence-electron chi connectivity index (χ0n) is 18.6. The third kappa shape index (κ3) is 12.4. The van der Waals surface area contributed by atoms with Crippen molar-refractivity contribution in [2.24, 2.45) is 5.41 Å². The molecule has 0 saturated carbocycles. The van der Waals surface area contributed by atoms with E-state index < -0.39 is 36.3 Å². The SMILES string of the molecule is COC(COP(=S)(NC(C)C(=O)OC(C)C)OCCSC(=O)C(C)(C)C)C(C)O. The monoisotopic (exact) mass is 473 g/mol. The van der Waals surface area contributed by atoms with Gasteiger partial charge in [0.1, 0.15) is 12.1 Å². The van der Waals surface area contributed by atoms with Crippen LogP contribution in [0.4, 0.5) is 0 Å². The van der Waals surface area contributed by atoms with Gasteiger partial charge in [0.15, 0.2) is 5.12 Å². The number of hydrogen-bond acceptors (Lipinski definition) is 9. The van der Waals surface area contributed by atoms with Crippen LogP contribution < -0.4 is 5.09 Å². The zero-order chi connectivity index (χ0) is 22.8. The highest BCUT2D eigenvalue weighted by Gasteiger charge is 2.29. The van der Waals surface area contributed by atoms with Crippen LogP contribution in [0.15, 0.2) is 0 Å². The van der Waals surface area contributed by atoms with E-state index in [1.807, 2.05) is 20.8 Å². The Balaban J connectivity index is 5.01. The second-order valence-electron chi connectivity index (χ2n) is 7.86. The molecule has 0 amide bonds. The Hall–Kier alpha value is -0.0600. The second-order valence-corrected chi connectivity index (χ2v) is 12.1. The molecule has 0 bridgehead atoms. The van der Waals surface area contributed by atoms with Gasteiger partial charge in [-0.25, -0.2) is 5.09 Å². The summed E-state index contributed by atoms with van der Waals surface area (Å²) in [6.45, 7) is 9.27. The number of nitrogens with one attached hydrogen (secondary N) is 1. The first-order chi connectivity index (χ1) is 13.2. The molecule has 0 aromatic rings. The van der Waals surface area contributed by atoms with E-state index in [2.05, 4.69) is 5.09 Å². The summed E-state index contributed by atoms with van der Waals surface area (Å²) in [5.41, 5.74) is -0.447. The van der Waals surface area contributed by atoms with Gasteiger partial charge in [-0.2, -0.15) is 0 Å². The minimum atomic E-state index is -3.11. The molecule has 4 unspecified atom stereocenters. The van der Waals surface area contributed by atoms with E-state index in [9.17, 15) is 14.7 Å². The number of carbonyl (C=O) groups excluding carboxylic acids is 2. The third-order valence-corrected chi connectivity index (χ3v) is 7.41. The van der Waals surface area contributed by atoms with E-state index in [1.165, 1.54) is 7.11 Å². The molecule has 0 saturated heterocycles. The largest absolute Gasteiger partial charge is 0.462 e. The molecule has 0 radical (unpaired) electrons. The summed E-state index contributed by atoms with van der Waals surface area (Å²) in [6.07, 6.45) is -1.64.